The van der Waals surface area contributed by atoms with Crippen LogP contribution in [0.25, 0.3) is 10.8 Å². The number of aromatic amines is 1. The summed E-state index contributed by atoms with van der Waals surface area (Å²) in [5.41, 5.74) is 1.07. The van der Waals surface area contributed by atoms with Crippen molar-refractivity contribution >= 4 is 10.8 Å². The SMILES string of the molecule is [CH2-]c1ccccc1.[U+2].[V+2].[c-]1ccc2ccccc2c1.[c-]1n[c-][nH]n1. The molecule has 0 amide bonds. The van der Waals surface area contributed by atoms with Crippen molar-refractivity contribution in [2.24, 2.45) is 0 Å². The van der Waals surface area contributed by atoms with Crippen LogP contribution in [0.4, 0.5) is 0 Å². The van der Waals surface area contributed by atoms with Gasteiger partial charge >= 0.3 is 49.7 Å². The zero-order valence-corrected chi connectivity index (χ0v) is 18.5. The third-order valence-electron chi connectivity index (χ3n) is 2.70. The van der Waals surface area contributed by atoms with Crippen molar-refractivity contribution in [3.8, 4) is 0 Å². The molecular formula is C19H15N3UV. The monoisotopic (exact) mass is 574 g/mol. The fourth-order valence-electron chi connectivity index (χ4n) is 1.67. The predicted molar refractivity (Wildman–Crippen MR) is 87.7 cm³/mol. The fraction of sp³-hybridized carbons (Fsp3) is 0. The smallest absolute Gasteiger partial charge is 0.639 e. The molecule has 1 N–H and O–H groups in total. The maximum absolute atomic E-state index is 3.72. The van der Waals surface area contributed by atoms with E-state index in [1.54, 1.807) is 0 Å². The maximum Gasteiger partial charge on any atom is 2.00 e. The van der Waals surface area contributed by atoms with Crippen LogP contribution in [0.5, 0.6) is 0 Å². The molecule has 0 unspecified atom stereocenters. The molecule has 115 valence electrons. The van der Waals surface area contributed by atoms with Crippen LogP contribution in [0.3, 0.4) is 0 Å². The second-order valence-electron chi connectivity index (χ2n) is 4.31. The zero-order chi connectivity index (χ0) is 15.5. The van der Waals surface area contributed by atoms with Crippen LogP contribution in [0, 0.1) is 56.8 Å². The summed E-state index contributed by atoms with van der Waals surface area (Å²) in [6.07, 6.45) is 4.57. The van der Waals surface area contributed by atoms with Crippen LogP contribution in [0.2, 0.25) is 0 Å². The second-order valence-corrected chi connectivity index (χ2v) is 4.31. The summed E-state index contributed by atoms with van der Waals surface area (Å²) in [7, 11) is 0. The van der Waals surface area contributed by atoms with E-state index in [1.807, 2.05) is 54.6 Å². The van der Waals surface area contributed by atoms with Crippen molar-refractivity contribution in [1.82, 2.24) is 15.2 Å². The number of H-pyrrole nitrogens is 1. The van der Waals surface area contributed by atoms with Crippen molar-refractivity contribution in [2.45, 2.75) is 0 Å². The van der Waals surface area contributed by atoms with Crippen LogP contribution < -0.4 is 0 Å². The second kappa shape index (κ2) is 14.0. The molecule has 1 heterocycles. The Bertz CT molecular complexity index is 679. The van der Waals surface area contributed by atoms with E-state index in [2.05, 4.69) is 59.0 Å². The number of rotatable bonds is 0. The summed E-state index contributed by atoms with van der Waals surface area (Å²) >= 11 is 0. The van der Waals surface area contributed by atoms with Gasteiger partial charge in [0.15, 0.2) is 0 Å². The van der Waals surface area contributed by atoms with E-state index in [4.69, 9.17) is 0 Å². The van der Waals surface area contributed by atoms with E-state index in [9.17, 15) is 0 Å². The standard InChI is InChI=1S/C10H7.C7H7.C2HN3.U.V/c1-2-6-10-8-4-3-7-9(10)5-1;1-7-5-3-2-4-6-7;1-3-2-5-4-1;;/h1-3,5-8H;2-6H,1H2;(H,3,4,5);;/q2*-1;-2;2*+2. The van der Waals surface area contributed by atoms with Gasteiger partial charge in [0.25, 0.3) is 0 Å². The predicted octanol–water partition coefficient (Wildman–Crippen LogP) is 3.91. The number of benzene rings is 3. The van der Waals surface area contributed by atoms with Gasteiger partial charge in [0, 0.05) is 0 Å². The van der Waals surface area contributed by atoms with Gasteiger partial charge in [-0.15, -0.1) is 29.0 Å². The van der Waals surface area contributed by atoms with Crippen molar-refractivity contribution in [1.29, 1.82) is 0 Å². The average Bonchev–Trinajstić information content (AvgIpc) is 3.16. The first-order chi connectivity index (χ1) is 10.9. The summed E-state index contributed by atoms with van der Waals surface area (Å²) in [5, 5.41) is 8.16. The molecule has 4 rings (SSSR count). The molecule has 0 spiro atoms. The summed E-state index contributed by atoms with van der Waals surface area (Å²) < 4.78 is 0. The summed E-state index contributed by atoms with van der Waals surface area (Å²) in [4.78, 5) is 3.31. The van der Waals surface area contributed by atoms with Gasteiger partial charge < -0.3 is 21.5 Å². The molecule has 1 aromatic heterocycles. The molecule has 0 atom stereocenters. The molecule has 0 saturated carbocycles. The van der Waals surface area contributed by atoms with Crippen LogP contribution in [0.1, 0.15) is 5.56 Å². The Morgan fingerprint density at radius 2 is 1.54 bits per heavy atom. The minimum atomic E-state index is 0. The van der Waals surface area contributed by atoms with Gasteiger partial charge in [-0.1, -0.05) is 24.3 Å². The van der Waals surface area contributed by atoms with E-state index in [-0.39, 0.29) is 49.7 Å². The Hall–Kier alpha value is -1.43. The van der Waals surface area contributed by atoms with Gasteiger partial charge in [-0.2, -0.15) is 48.9 Å². The van der Waals surface area contributed by atoms with E-state index in [0.29, 0.717) is 0 Å². The normalized spacial score (nSPS) is 8.33. The molecule has 0 aliphatic carbocycles. The Morgan fingerprint density at radius 1 is 0.875 bits per heavy atom. The van der Waals surface area contributed by atoms with E-state index in [1.165, 1.54) is 10.8 Å². The van der Waals surface area contributed by atoms with Gasteiger partial charge in [-0.05, 0) is 0 Å². The Kier molecular flexibility index (Phi) is 13.1. The van der Waals surface area contributed by atoms with Crippen molar-refractivity contribution in [3.05, 3.63) is 104 Å². The summed E-state index contributed by atoms with van der Waals surface area (Å²) in [6.45, 7) is 3.72. The third-order valence-corrected chi connectivity index (χ3v) is 2.70. The summed E-state index contributed by atoms with van der Waals surface area (Å²) in [6, 6.07) is 27.2. The molecular weight excluding hydrogens is 559 g/mol. The van der Waals surface area contributed by atoms with Crippen molar-refractivity contribution < 1.29 is 49.7 Å². The summed E-state index contributed by atoms with van der Waals surface area (Å²) in [5.74, 6) is 0. The quantitative estimate of drug-likeness (QED) is 0.324. The first kappa shape index (κ1) is 22.6. The average molecular weight is 574 g/mol. The molecule has 24 heavy (non-hydrogen) atoms. The minimum Gasteiger partial charge on any atom is -0.639 e. The van der Waals surface area contributed by atoms with E-state index < -0.39 is 0 Å². The Balaban J connectivity index is 0.000000336. The number of aromatic nitrogens is 3. The van der Waals surface area contributed by atoms with E-state index >= 15 is 0 Å². The largest absolute Gasteiger partial charge is 2.00 e. The van der Waals surface area contributed by atoms with E-state index in [0.717, 1.165) is 5.56 Å². The minimum absolute atomic E-state index is 0. The molecule has 0 aliphatic heterocycles. The van der Waals surface area contributed by atoms with Gasteiger partial charge in [0.1, 0.15) is 0 Å². The topological polar surface area (TPSA) is 41.6 Å². The van der Waals surface area contributed by atoms with Crippen molar-refractivity contribution in [2.75, 3.05) is 0 Å². The van der Waals surface area contributed by atoms with Gasteiger partial charge in [0.05, 0.1) is 0 Å². The number of nitrogens with zero attached hydrogens (tertiary/aromatic N) is 2. The first-order valence-electron chi connectivity index (χ1n) is 6.72. The molecule has 4 aromatic rings. The fourth-order valence-corrected chi connectivity index (χ4v) is 1.67. The molecule has 0 saturated heterocycles. The maximum atomic E-state index is 3.72. The van der Waals surface area contributed by atoms with Gasteiger partial charge in [0.2, 0.25) is 0 Å². The molecule has 3 nitrogen and oxygen atoms in total. The van der Waals surface area contributed by atoms with Crippen LogP contribution in [-0.4, -0.2) is 15.2 Å². The van der Waals surface area contributed by atoms with Crippen molar-refractivity contribution in [3.63, 3.8) is 0 Å². The third kappa shape index (κ3) is 9.01. The molecule has 0 aliphatic rings. The van der Waals surface area contributed by atoms with Gasteiger partial charge in [-0.25, -0.2) is 0 Å². The van der Waals surface area contributed by atoms with Crippen LogP contribution >= 0.6 is 0 Å². The molecule has 0 fully saturated rings. The molecule has 3 aromatic carbocycles. The Morgan fingerprint density at radius 3 is 2.00 bits per heavy atom. The van der Waals surface area contributed by atoms with Gasteiger partial charge in [-0.3, -0.25) is 6.33 Å². The number of fused-ring (bicyclic) bond motifs is 1. The van der Waals surface area contributed by atoms with Crippen LogP contribution in [0.15, 0.2) is 72.8 Å². The molecule has 5 heteroatoms. The van der Waals surface area contributed by atoms with Crippen LogP contribution in [-0.2, 0) is 18.6 Å². The zero-order valence-electron chi connectivity index (χ0n) is 13.0. The number of hydrogen-bond acceptors (Lipinski definition) is 2. The number of nitrogens with one attached hydrogen (secondary N) is 1. The molecule has 0 bridgehead atoms. The molecule has 1 radical (unpaired) electrons. The number of hydrogen-bond donors (Lipinski definition) is 1. The Labute approximate surface area is 178 Å². The first-order valence-corrected chi connectivity index (χ1v) is 6.72.